The molecule has 1 fully saturated rings. The minimum atomic E-state index is -0.370. The van der Waals surface area contributed by atoms with E-state index < -0.39 is 0 Å². The van der Waals surface area contributed by atoms with E-state index in [9.17, 15) is 10.1 Å². The second-order valence-electron chi connectivity index (χ2n) is 4.18. The smallest absolute Gasteiger partial charge is 0.311 e. The molecule has 0 aromatic carbocycles. The molecule has 0 radical (unpaired) electrons. The summed E-state index contributed by atoms with van der Waals surface area (Å²) in [7, 11) is 1.92. The zero-order valence-corrected chi connectivity index (χ0v) is 9.80. The lowest BCUT2D eigenvalue weighted by atomic mass is 10.1. The Morgan fingerprint density at radius 3 is 3.18 bits per heavy atom. The molecule has 6 heteroatoms. The van der Waals surface area contributed by atoms with Crippen LogP contribution in [0.1, 0.15) is 12.8 Å². The van der Waals surface area contributed by atoms with E-state index in [2.05, 4.69) is 10.3 Å². The average Bonchev–Trinajstić information content (AvgIpc) is 2.39. The monoisotopic (exact) mass is 236 g/mol. The molecule has 0 saturated carbocycles. The van der Waals surface area contributed by atoms with Gasteiger partial charge in [-0.1, -0.05) is 0 Å². The molecule has 92 valence electrons. The van der Waals surface area contributed by atoms with Crippen LogP contribution >= 0.6 is 0 Å². The highest BCUT2D eigenvalue weighted by Crippen LogP contribution is 2.27. The first-order chi connectivity index (χ1) is 8.22. The number of nitrogens with zero attached hydrogens (tertiary/aromatic N) is 3. The van der Waals surface area contributed by atoms with Gasteiger partial charge in [-0.15, -0.1) is 0 Å². The molecule has 2 rings (SSSR count). The van der Waals surface area contributed by atoms with Crippen molar-refractivity contribution in [3.05, 3.63) is 28.4 Å². The number of nitrogens with one attached hydrogen (secondary N) is 1. The van der Waals surface area contributed by atoms with Crippen molar-refractivity contribution in [1.82, 2.24) is 10.3 Å². The summed E-state index contributed by atoms with van der Waals surface area (Å²) in [5.41, 5.74) is 0.0873. The van der Waals surface area contributed by atoms with Gasteiger partial charge in [0.05, 0.1) is 4.92 Å². The second kappa shape index (κ2) is 5.09. The Bertz CT molecular complexity index is 410. The highest BCUT2D eigenvalue weighted by Gasteiger charge is 2.25. The maximum absolute atomic E-state index is 10.9. The van der Waals surface area contributed by atoms with Gasteiger partial charge in [0.25, 0.3) is 0 Å². The van der Waals surface area contributed by atoms with Gasteiger partial charge >= 0.3 is 5.69 Å². The van der Waals surface area contributed by atoms with Crippen LogP contribution in [0.15, 0.2) is 18.3 Å². The fraction of sp³-hybridized carbons (Fsp3) is 0.545. The van der Waals surface area contributed by atoms with E-state index in [1.165, 1.54) is 6.07 Å². The van der Waals surface area contributed by atoms with Gasteiger partial charge in [-0.05, 0) is 26.0 Å². The van der Waals surface area contributed by atoms with Gasteiger partial charge in [-0.2, -0.15) is 0 Å². The number of piperidine rings is 1. The van der Waals surface area contributed by atoms with E-state index >= 15 is 0 Å². The van der Waals surface area contributed by atoms with E-state index in [0.29, 0.717) is 11.9 Å². The lowest BCUT2D eigenvalue weighted by Crippen LogP contribution is -2.44. The molecule has 0 aliphatic carbocycles. The van der Waals surface area contributed by atoms with Gasteiger partial charge in [0, 0.05) is 31.4 Å². The summed E-state index contributed by atoms with van der Waals surface area (Å²) in [6, 6.07) is 3.48. The van der Waals surface area contributed by atoms with Crippen molar-refractivity contribution in [3.8, 4) is 0 Å². The van der Waals surface area contributed by atoms with E-state index in [1.54, 1.807) is 12.3 Å². The predicted molar refractivity (Wildman–Crippen MR) is 65.2 cm³/mol. The SMILES string of the molecule is CN[C@H]1CCCN(c2ncccc2[N+](=O)[O-])C1. The number of aromatic nitrogens is 1. The molecule has 1 saturated heterocycles. The van der Waals surface area contributed by atoms with Crippen LogP contribution in [0.4, 0.5) is 11.5 Å². The van der Waals surface area contributed by atoms with E-state index in [0.717, 1.165) is 25.9 Å². The van der Waals surface area contributed by atoms with Gasteiger partial charge < -0.3 is 10.2 Å². The molecule has 17 heavy (non-hydrogen) atoms. The molecule has 1 N–H and O–H groups in total. The molecule has 0 bridgehead atoms. The summed E-state index contributed by atoms with van der Waals surface area (Å²) in [5, 5.41) is 14.2. The van der Waals surface area contributed by atoms with E-state index in [-0.39, 0.29) is 10.6 Å². The van der Waals surface area contributed by atoms with Crippen molar-refractivity contribution in [2.24, 2.45) is 0 Å². The molecule has 0 spiro atoms. The van der Waals surface area contributed by atoms with Crippen molar-refractivity contribution in [2.75, 3.05) is 25.0 Å². The lowest BCUT2D eigenvalue weighted by molar-refractivity contribution is -0.384. The van der Waals surface area contributed by atoms with Gasteiger partial charge in [0.2, 0.25) is 5.82 Å². The highest BCUT2D eigenvalue weighted by molar-refractivity contribution is 5.57. The van der Waals surface area contributed by atoms with Crippen LogP contribution in [0.3, 0.4) is 0 Å². The maximum Gasteiger partial charge on any atom is 0.311 e. The van der Waals surface area contributed by atoms with Gasteiger partial charge in [0.15, 0.2) is 0 Å². The Kier molecular flexibility index (Phi) is 3.53. The Labute approximate surface area is 99.8 Å². The van der Waals surface area contributed by atoms with Crippen molar-refractivity contribution in [1.29, 1.82) is 0 Å². The number of nitro groups is 1. The van der Waals surface area contributed by atoms with Crippen LogP contribution in [0.2, 0.25) is 0 Å². The minimum absolute atomic E-state index is 0.0873. The second-order valence-corrected chi connectivity index (χ2v) is 4.18. The molecule has 1 aliphatic heterocycles. The van der Waals surface area contributed by atoms with Crippen molar-refractivity contribution < 1.29 is 4.92 Å². The topological polar surface area (TPSA) is 71.3 Å². The normalized spacial score (nSPS) is 20.3. The first kappa shape index (κ1) is 11.8. The number of anilines is 1. The zero-order chi connectivity index (χ0) is 12.3. The summed E-state index contributed by atoms with van der Waals surface area (Å²) >= 11 is 0. The van der Waals surface area contributed by atoms with Crippen LogP contribution in [0, 0.1) is 10.1 Å². The molecule has 1 aromatic rings. The lowest BCUT2D eigenvalue weighted by Gasteiger charge is -2.32. The fourth-order valence-corrected chi connectivity index (χ4v) is 2.18. The third kappa shape index (κ3) is 2.52. The summed E-state index contributed by atoms with van der Waals surface area (Å²) in [6.07, 6.45) is 3.73. The highest BCUT2D eigenvalue weighted by atomic mass is 16.6. The molecule has 0 unspecified atom stereocenters. The number of hydrogen-bond acceptors (Lipinski definition) is 5. The molecule has 6 nitrogen and oxygen atoms in total. The van der Waals surface area contributed by atoms with Crippen LogP contribution in [-0.2, 0) is 0 Å². The number of rotatable bonds is 3. The Morgan fingerprint density at radius 2 is 2.47 bits per heavy atom. The van der Waals surface area contributed by atoms with Crippen LogP contribution in [-0.4, -0.2) is 36.1 Å². The van der Waals surface area contributed by atoms with Crippen LogP contribution in [0.25, 0.3) is 0 Å². The number of pyridine rings is 1. The van der Waals surface area contributed by atoms with Gasteiger partial charge in [-0.25, -0.2) is 4.98 Å². The Morgan fingerprint density at radius 1 is 1.65 bits per heavy atom. The predicted octanol–water partition coefficient (Wildman–Crippen LogP) is 1.18. The maximum atomic E-state index is 10.9. The number of hydrogen-bond donors (Lipinski definition) is 1. The first-order valence-corrected chi connectivity index (χ1v) is 5.74. The molecular weight excluding hydrogens is 220 g/mol. The first-order valence-electron chi connectivity index (χ1n) is 5.74. The summed E-state index contributed by atoms with van der Waals surface area (Å²) in [4.78, 5) is 16.7. The average molecular weight is 236 g/mol. The van der Waals surface area contributed by atoms with Crippen molar-refractivity contribution in [2.45, 2.75) is 18.9 Å². The molecule has 0 amide bonds. The summed E-state index contributed by atoms with van der Waals surface area (Å²) < 4.78 is 0. The number of likely N-dealkylation sites (N-methyl/N-ethyl adjacent to an activating group) is 1. The van der Waals surface area contributed by atoms with Crippen LogP contribution < -0.4 is 10.2 Å². The fourth-order valence-electron chi connectivity index (χ4n) is 2.18. The molecule has 1 aliphatic rings. The molecule has 2 heterocycles. The summed E-state index contributed by atoms with van der Waals surface area (Å²) in [5.74, 6) is 0.484. The zero-order valence-electron chi connectivity index (χ0n) is 9.80. The quantitative estimate of drug-likeness (QED) is 0.630. The third-order valence-corrected chi connectivity index (χ3v) is 3.09. The van der Waals surface area contributed by atoms with E-state index in [4.69, 9.17) is 0 Å². The minimum Gasteiger partial charge on any atom is -0.349 e. The van der Waals surface area contributed by atoms with Gasteiger partial charge in [-0.3, -0.25) is 10.1 Å². The molecule has 1 aromatic heterocycles. The summed E-state index contributed by atoms with van der Waals surface area (Å²) in [6.45, 7) is 1.60. The largest absolute Gasteiger partial charge is 0.349 e. The Hall–Kier alpha value is -1.69. The Balaban J connectivity index is 2.24. The van der Waals surface area contributed by atoms with E-state index in [1.807, 2.05) is 11.9 Å². The van der Waals surface area contributed by atoms with Crippen molar-refractivity contribution in [3.63, 3.8) is 0 Å². The molecule has 1 atom stereocenters. The van der Waals surface area contributed by atoms with Gasteiger partial charge in [0.1, 0.15) is 0 Å². The molecular formula is C11H16N4O2. The standard InChI is InChI=1S/C11H16N4O2/c1-12-9-4-3-7-14(8-9)11-10(15(16)17)5-2-6-13-11/h2,5-6,9,12H,3-4,7-8H2,1H3/t9-/m0/s1. The van der Waals surface area contributed by atoms with Crippen LogP contribution in [0.5, 0.6) is 0 Å². The third-order valence-electron chi connectivity index (χ3n) is 3.09. The van der Waals surface area contributed by atoms with Crippen molar-refractivity contribution >= 4 is 11.5 Å².